The number of thioether (sulfide) groups is 1. The van der Waals surface area contributed by atoms with E-state index in [4.69, 9.17) is 9.47 Å². The van der Waals surface area contributed by atoms with E-state index in [1.807, 2.05) is 18.2 Å². The molecule has 0 atom stereocenters. The summed E-state index contributed by atoms with van der Waals surface area (Å²) in [5, 5.41) is 22.5. The summed E-state index contributed by atoms with van der Waals surface area (Å²) in [7, 11) is 3.17. The summed E-state index contributed by atoms with van der Waals surface area (Å²) in [4.78, 5) is 22.4. The number of aromatic nitrogens is 2. The van der Waals surface area contributed by atoms with E-state index in [0.29, 0.717) is 35.2 Å². The highest BCUT2D eigenvalue weighted by Crippen LogP contribution is 2.27. The molecule has 3 aromatic rings. The largest absolute Gasteiger partial charge is 0.493 e. The summed E-state index contributed by atoms with van der Waals surface area (Å²) in [6, 6.07) is 15.3. The maximum atomic E-state index is 12.1. The lowest BCUT2D eigenvalue weighted by Crippen LogP contribution is -2.27. The van der Waals surface area contributed by atoms with Crippen molar-refractivity contribution in [3.63, 3.8) is 0 Å². The normalized spacial score (nSPS) is 10.4. The Balaban J connectivity index is 1.45. The number of nitro groups is 1. The van der Waals surface area contributed by atoms with E-state index in [-0.39, 0.29) is 17.3 Å². The smallest absolute Gasteiger partial charge is 0.269 e. The van der Waals surface area contributed by atoms with Gasteiger partial charge in [-0.05, 0) is 48.4 Å². The number of carbonyl (C=O) groups excluding carboxylic acids is 1. The molecule has 9 nitrogen and oxygen atoms in total. The van der Waals surface area contributed by atoms with E-state index in [2.05, 4.69) is 15.5 Å². The minimum absolute atomic E-state index is 0.0195. The SMILES string of the molecule is COc1ccc(CCNC(=O)CSc2ccc(-c3ccc([N+](=O)[O-])cc3)nn2)cc1OC. The third-order valence-electron chi connectivity index (χ3n) is 4.55. The molecular weight excluding hydrogens is 432 g/mol. The van der Waals surface area contributed by atoms with Crippen molar-refractivity contribution in [2.75, 3.05) is 26.5 Å². The molecule has 0 saturated carbocycles. The standard InChI is InChI=1S/C22H22N4O5S/c1-30-19-9-3-15(13-20(19)31-2)11-12-23-21(27)14-32-22-10-8-18(24-25-22)16-4-6-17(7-5-16)26(28)29/h3-10,13H,11-12,14H2,1-2H3,(H,23,27). The van der Waals surface area contributed by atoms with Crippen molar-refractivity contribution >= 4 is 23.4 Å². The van der Waals surface area contributed by atoms with Gasteiger partial charge in [0.15, 0.2) is 11.5 Å². The zero-order valence-electron chi connectivity index (χ0n) is 17.6. The number of benzene rings is 2. The van der Waals surface area contributed by atoms with E-state index in [1.165, 1.54) is 23.9 Å². The second-order valence-corrected chi connectivity index (χ2v) is 7.63. The van der Waals surface area contributed by atoms with Gasteiger partial charge in [-0.1, -0.05) is 17.8 Å². The molecule has 0 unspecified atom stereocenters. The van der Waals surface area contributed by atoms with Gasteiger partial charge in [-0.15, -0.1) is 10.2 Å². The number of carbonyl (C=O) groups is 1. The van der Waals surface area contributed by atoms with Crippen molar-refractivity contribution in [2.24, 2.45) is 0 Å². The van der Waals surface area contributed by atoms with Crippen LogP contribution in [0.3, 0.4) is 0 Å². The minimum Gasteiger partial charge on any atom is -0.493 e. The Morgan fingerprint density at radius 1 is 1.03 bits per heavy atom. The lowest BCUT2D eigenvalue weighted by molar-refractivity contribution is -0.384. The fraction of sp³-hybridized carbons (Fsp3) is 0.227. The van der Waals surface area contributed by atoms with Gasteiger partial charge in [0, 0.05) is 24.2 Å². The van der Waals surface area contributed by atoms with E-state index >= 15 is 0 Å². The van der Waals surface area contributed by atoms with Crippen molar-refractivity contribution in [2.45, 2.75) is 11.4 Å². The molecule has 32 heavy (non-hydrogen) atoms. The van der Waals surface area contributed by atoms with Crippen LogP contribution in [0.5, 0.6) is 11.5 Å². The maximum absolute atomic E-state index is 12.1. The number of hydrogen-bond acceptors (Lipinski definition) is 8. The zero-order valence-corrected chi connectivity index (χ0v) is 18.4. The van der Waals surface area contributed by atoms with Crippen LogP contribution in [-0.2, 0) is 11.2 Å². The van der Waals surface area contributed by atoms with Gasteiger partial charge >= 0.3 is 0 Å². The number of nitrogens with one attached hydrogen (secondary N) is 1. The molecule has 166 valence electrons. The fourth-order valence-corrected chi connectivity index (χ4v) is 3.52. The molecule has 1 N–H and O–H groups in total. The molecule has 0 bridgehead atoms. The maximum Gasteiger partial charge on any atom is 0.269 e. The molecule has 0 spiro atoms. The fourth-order valence-electron chi connectivity index (χ4n) is 2.88. The molecule has 1 aromatic heterocycles. The Bertz CT molecular complexity index is 1070. The molecule has 0 aliphatic carbocycles. The van der Waals surface area contributed by atoms with Crippen molar-refractivity contribution in [1.82, 2.24) is 15.5 Å². The van der Waals surface area contributed by atoms with Gasteiger partial charge in [0.05, 0.1) is 30.6 Å². The van der Waals surface area contributed by atoms with Crippen molar-refractivity contribution in [3.05, 3.63) is 70.3 Å². The van der Waals surface area contributed by atoms with E-state index in [0.717, 1.165) is 11.1 Å². The van der Waals surface area contributed by atoms with Gasteiger partial charge in [0.1, 0.15) is 5.03 Å². The summed E-state index contributed by atoms with van der Waals surface area (Å²) < 4.78 is 10.5. The number of methoxy groups -OCH3 is 2. The van der Waals surface area contributed by atoms with Gasteiger partial charge in [-0.25, -0.2) is 0 Å². The van der Waals surface area contributed by atoms with Crippen LogP contribution < -0.4 is 14.8 Å². The summed E-state index contributed by atoms with van der Waals surface area (Å²) in [6.07, 6.45) is 0.667. The average molecular weight is 455 g/mol. The summed E-state index contributed by atoms with van der Waals surface area (Å²) in [6.45, 7) is 0.500. The highest BCUT2D eigenvalue weighted by molar-refractivity contribution is 7.99. The Morgan fingerprint density at radius 2 is 1.78 bits per heavy atom. The van der Waals surface area contributed by atoms with Crippen LogP contribution in [0, 0.1) is 10.1 Å². The highest BCUT2D eigenvalue weighted by atomic mass is 32.2. The van der Waals surface area contributed by atoms with Gasteiger partial charge in [0.2, 0.25) is 5.91 Å². The molecular formula is C22H22N4O5S. The van der Waals surface area contributed by atoms with Gasteiger partial charge in [0.25, 0.3) is 5.69 Å². The zero-order chi connectivity index (χ0) is 22.9. The predicted molar refractivity (Wildman–Crippen MR) is 121 cm³/mol. The van der Waals surface area contributed by atoms with E-state index < -0.39 is 4.92 Å². The van der Waals surface area contributed by atoms with Crippen LogP contribution >= 0.6 is 11.8 Å². The number of amides is 1. The molecule has 1 heterocycles. The first kappa shape index (κ1) is 23.0. The molecule has 3 rings (SSSR count). The Labute approximate surface area is 189 Å². The Morgan fingerprint density at radius 3 is 2.41 bits per heavy atom. The molecule has 2 aromatic carbocycles. The predicted octanol–water partition coefficient (Wildman–Crippen LogP) is 3.52. The molecule has 0 aliphatic heterocycles. The van der Waals surface area contributed by atoms with E-state index in [1.54, 1.807) is 38.5 Å². The topological polar surface area (TPSA) is 116 Å². The first-order chi connectivity index (χ1) is 15.5. The second kappa shape index (κ2) is 11.1. The van der Waals surface area contributed by atoms with Crippen LogP contribution in [-0.4, -0.2) is 47.5 Å². The van der Waals surface area contributed by atoms with Crippen LogP contribution in [0.25, 0.3) is 11.3 Å². The lowest BCUT2D eigenvalue weighted by atomic mass is 10.1. The Kier molecular flexibility index (Phi) is 7.98. The minimum atomic E-state index is -0.450. The molecule has 10 heteroatoms. The monoisotopic (exact) mass is 454 g/mol. The third kappa shape index (κ3) is 6.17. The number of non-ortho nitro benzene ring substituents is 1. The van der Waals surface area contributed by atoms with Crippen LogP contribution in [0.4, 0.5) is 5.69 Å². The summed E-state index contributed by atoms with van der Waals surface area (Å²) in [5.74, 6) is 1.44. The number of hydrogen-bond donors (Lipinski definition) is 1. The quantitative estimate of drug-likeness (QED) is 0.281. The van der Waals surface area contributed by atoms with Crippen LogP contribution in [0.15, 0.2) is 59.6 Å². The lowest BCUT2D eigenvalue weighted by Gasteiger charge is -2.10. The van der Waals surface area contributed by atoms with Gasteiger partial charge < -0.3 is 14.8 Å². The number of rotatable bonds is 10. The summed E-state index contributed by atoms with van der Waals surface area (Å²) in [5.41, 5.74) is 2.38. The first-order valence-electron chi connectivity index (χ1n) is 9.69. The van der Waals surface area contributed by atoms with E-state index in [9.17, 15) is 14.9 Å². The van der Waals surface area contributed by atoms with Crippen molar-refractivity contribution in [1.29, 1.82) is 0 Å². The number of nitro benzene ring substituents is 1. The average Bonchev–Trinajstić information content (AvgIpc) is 2.83. The highest BCUT2D eigenvalue weighted by Gasteiger charge is 2.09. The second-order valence-electron chi connectivity index (χ2n) is 6.64. The van der Waals surface area contributed by atoms with Crippen LogP contribution in [0.1, 0.15) is 5.56 Å². The number of ether oxygens (including phenoxy) is 2. The third-order valence-corrected chi connectivity index (χ3v) is 5.47. The molecule has 0 radical (unpaired) electrons. The van der Waals surface area contributed by atoms with Gasteiger partial charge in [-0.2, -0.15) is 0 Å². The summed E-state index contributed by atoms with van der Waals surface area (Å²) >= 11 is 1.28. The van der Waals surface area contributed by atoms with Gasteiger partial charge in [-0.3, -0.25) is 14.9 Å². The molecule has 0 saturated heterocycles. The van der Waals surface area contributed by atoms with Crippen molar-refractivity contribution in [3.8, 4) is 22.8 Å². The van der Waals surface area contributed by atoms with Crippen LogP contribution in [0.2, 0.25) is 0 Å². The molecule has 1 amide bonds. The molecule has 0 aliphatic rings. The first-order valence-corrected chi connectivity index (χ1v) is 10.7. The Hall–Kier alpha value is -3.66. The van der Waals surface area contributed by atoms with Crippen molar-refractivity contribution < 1.29 is 19.2 Å². The molecule has 0 fully saturated rings. The number of nitrogens with zero attached hydrogens (tertiary/aromatic N) is 3.